The van der Waals surface area contributed by atoms with Crippen molar-refractivity contribution >= 4 is 30.3 Å². The van der Waals surface area contributed by atoms with Crippen LogP contribution in [-0.4, -0.2) is 39.1 Å². The number of aromatic nitrogens is 4. The third-order valence-corrected chi connectivity index (χ3v) is 13.3. The summed E-state index contributed by atoms with van der Waals surface area (Å²) in [6.45, 7) is 9.98. The van der Waals surface area contributed by atoms with Crippen LogP contribution >= 0.6 is 0 Å². The summed E-state index contributed by atoms with van der Waals surface area (Å²) >= 11 is 0. The van der Waals surface area contributed by atoms with Crippen molar-refractivity contribution in [1.29, 1.82) is 0 Å². The minimum Gasteiger partial charge on any atom is -0.424 e. The molecule has 0 amide bonds. The van der Waals surface area contributed by atoms with E-state index in [1.807, 2.05) is 81.4 Å². The topological polar surface area (TPSA) is 84.6 Å². The number of rotatable bonds is 11. The molecule has 7 nitrogen and oxygen atoms in total. The lowest BCUT2D eigenvalue weighted by Gasteiger charge is -2.44. The first-order chi connectivity index (χ1) is 21.6. The molecule has 242 valence electrons. The van der Waals surface area contributed by atoms with Gasteiger partial charge >= 0.3 is 6.36 Å². The van der Waals surface area contributed by atoms with Gasteiger partial charge in [0.15, 0.2) is 11.6 Å². The average molecular weight is 652 g/mol. The smallest absolute Gasteiger partial charge is 0.424 e. The van der Waals surface area contributed by atoms with Crippen LogP contribution in [0.1, 0.15) is 57.8 Å². The van der Waals surface area contributed by atoms with E-state index in [0.29, 0.717) is 35.7 Å². The van der Waals surface area contributed by atoms with Crippen LogP contribution in [-0.2, 0) is 0 Å². The minimum atomic E-state index is -5.03. The second-order valence-electron chi connectivity index (χ2n) is 12.9. The largest absolute Gasteiger partial charge is 0.573 e. The van der Waals surface area contributed by atoms with Gasteiger partial charge in [0.05, 0.1) is 6.04 Å². The predicted molar refractivity (Wildman–Crippen MR) is 172 cm³/mol. The Morgan fingerprint density at radius 3 is 2.07 bits per heavy atom. The average Bonchev–Trinajstić information content (AvgIpc) is 3.48. The van der Waals surface area contributed by atoms with Gasteiger partial charge in [-0.05, 0) is 58.3 Å². The molecule has 0 aliphatic rings. The van der Waals surface area contributed by atoms with Crippen LogP contribution in [0, 0.1) is 18.2 Å². The van der Waals surface area contributed by atoms with Crippen molar-refractivity contribution in [2.75, 3.05) is 5.32 Å². The molecule has 2 aromatic heterocycles. The highest BCUT2D eigenvalue weighted by Gasteiger charge is 2.50. The van der Waals surface area contributed by atoms with E-state index < -0.39 is 42.7 Å². The molecule has 0 saturated carbocycles. The lowest BCUT2D eigenvalue weighted by molar-refractivity contribution is -0.275. The van der Waals surface area contributed by atoms with Gasteiger partial charge in [0.2, 0.25) is 0 Å². The number of anilines is 1. The van der Waals surface area contributed by atoms with E-state index >= 15 is 4.39 Å². The SMILES string of the molecule is Cc1cc(NC(c2ccc(OC(F)(F)F)c(F)c2)C(C)(C)CCC(C)(C)[Si](O)(c2ccccc2)c2ccccc2)n2ncnc2n1. The van der Waals surface area contributed by atoms with Gasteiger partial charge < -0.3 is 14.8 Å². The number of halogens is 4. The lowest BCUT2D eigenvalue weighted by atomic mass is 9.75. The maximum absolute atomic E-state index is 15.1. The number of ether oxygens (including phenoxy) is 1. The standard InChI is InChI=1S/C34H37F4N5O2Si/c1-23-20-29(43-31(41-23)39-22-40-43)42-30(24-16-17-28(27(35)21-24)45-34(36,37)38)32(2,3)18-19-33(4,5)46(44,25-12-8-6-9-13-25)26-14-10-7-11-15-26/h6-17,20-22,30,42,44H,18-19H2,1-5H3. The zero-order chi connectivity index (χ0) is 33.3. The highest BCUT2D eigenvalue weighted by Crippen LogP contribution is 2.47. The van der Waals surface area contributed by atoms with Crippen molar-refractivity contribution in [2.45, 2.75) is 64.9 Å². The highest BCUT2D eigenvalue weighted by atomic mass is 28.4. The van der Waals surface area contributed by atoms with Crippen LogP contribution in [0.15, 0.2) is 91.3 Å². The monoisotopic (exact) mass is 651 g/mol. The lowest BCUT2D eigenvalue weighted by Crippen LogP contribution is -2.65. The van der Waals surface area contributed by atoms with E-state index in [1.54, 1.807) is 6.07 Å². The molecule has 1 unspecified atom stereocenters. The summed E-state index contributed by atoms with van der Waals surface area (Å²) < 4.78 is 59.3. The van der Waals surface area contributed by atoms with Crippen LogP contribution in [0.5, 0.6) is 5.75 Å². The normalized spacial score (nSPS) is 13.5. The maximum Gasteiger partial charge on any atom is 0.573 e. The summed E-state index contributed by atoms with van der Waals surface area (Å²) in [6.07, 6.45) is -2.52. The summed E-state index contributed by atoms with van der Waals surface area (Å²) in [5.41, 5.74) is 0.446. The number of fused-ring (bicyclic) bond motifs is 1. The Morgan fingerprint density at radius 1 is 0.891 bits per heavy atom. The summed E-state index contributed by atoms with van der Waals surface area (Å²) in [5.74, 6) is -1.14. The van der Waals surface area contributed by atoms with E-state index in [1.165, 1.54) is 16.9 Å². The van der Waals surface area contributed by atoms with Gasteiger partial charge in [0, 0.05) is 11.8 Å². The number of benzene rings is 3. The Labute approximate surface area is 266 Å². The van der Waals surface area contributed by atoms with Gasteiger partial charge in [-0.25, -0.2) is 9.37 Å². The number of alkyl halides is 3. The third-order valence-electron chi connectivity index (χ3n) is 8.73. The molecule has 2 N–H and O–H groups in total. The van der Waals surface area contributed by atoms with Crippen molar-refractivity contribution in [3.63, 3.8) is 0 Å². The van der Waals surface area contributed by atoms with Crippen LogP contribution in [0.3, 0.4) is 0 Å². The molecule has 46 heavy (non-hydrogen) atoms. The second kappa shape index (κ2) is 12.5. The molecule has 2 heterocycles. The van der Waals surface area contributed by atoms with E-state index in [9.17, 15) is 18.0 Å². The zero-order valence-corrected chi connectivity index (χ0v) is 27.3. The van der Waals surface area contributed by atoms with Gasteiger partial charge in [-0.15, -0.1) is 13.2 Å². The maximum atomic E-state index is 15.1. The molecule has 0 bridgehead atoms. The van der Waals surface area contributed by atoms with Crippen LogP contribution < -0.4 is 20.4 Å². The quantitative estimate of drug-likeness (QED) is 0.119. The Balaban J connectivity index is 1.53. The van der Waals surface area contributed by atoms with Gasteiger partial charge in [0.25, 0.3) is 14.1 Å². The van der Waals surface area contributed by atoms with Gasteiger partial charge in [-0.3, -0.25) is 0 Å². The van der Waals surface area contributed by atoms with Gasteiger partial charge in [-0.1, -0.05) is 94.4 Å². The highest BCUT2D eigenvalue weighted by molar-refractivity contribution is 6.98. The first kappa shape index (κ1) is 33.1. The molecule has 3 aromatic carbocycles. The van der Waals surface area contributed by atoms with Crippen molar-refractivity contribution in [1.82, 2.24) is 19.6 Å². The molecule has 1 atom stereocenters. The Morgan fingerprint density at radius 2 is 1.50 bits per heavy atom. The van der Waals surface area contributed by atoms with E-state index in [2.05, 4.69) is 39.0 Å². The molecule has 0 fully saturated rings. The van der Waals surface area contributed by atoms with Gasteiger partial charge in [-0.2, -0.15) is 14.6 Å². The number of hydrogen-bond donors (Lipinski definition) is 2. The first-order valence-electron chi connectivity index (χ1n) is 14.9. The van der Waals surface area contributed by atoms with E-state index in [-0.39, 0.29) is 0 Å². The Hall–Kier alpha value is -4.29. The van der Waals surface area contributed by atoms with Crippen molar-refractivity contribution in [3.05, 3.63) is 108 Å². The molecule has 5 aromatic rings. The van der Waals surface area contributed by atoms with E-state index in [4.69, 9.17) is 0 Å². The number of hydrogen-bond acceptors (Lipinski definition) is 6. The number of nitrogens with zero attached hydrogens (tertiary/aromatic N) is 4. The molecule has 0 aliphatic carbocycles. The van der Waals surface area contributed by atoms with Crippen LogP contribution in [0.25, 0.3) is 5.78 Å². The molecule has 0 radical (unpaired) electrons. The summed E-state index contributed by atoms with van der Waals surface area (Å²) in [7, 11) is -3.33. The molecular formula is C34H37F4N5O2Si. The van der Waals surface area contributed by atoms with Gasteiger partial charge in [0.1, 0.15) is 12.1 Å². The fraction of sp³-hybridized carbons (Fsp3) is 0.324. The van der Waals surface area contributed by atoms with Crippen molar-refractivity contribution < 1.29 is 27.1 Å². The number of nitrogens with one attached hydrogen (secondary N) is 1. The molecule has 12 heteroatoms. The van der Waals surface area contributed by atoms with Crippen molar-refractivity contribution in [3.8, 4) is 5.75 Å². The van der Waals surface area contributed by atoms with E-state index in [0.717, 1.165) is 22.5 Å². The van der Waals surface area contributed by atoms with Crippen LogP contribution in [0.2, 0.25) is 5.04 Å². The molecule has 0 spiro atoms. The Kier molecular flexibility index (Phi) is 8.98. The van der Waals surface area contributed by atoms with Crippen LogP contribution in [0.4, 0.5) is 23.4 Å². The fourth-order valence-electron chi connectivity index (χ4n) is 6.08. The van der Waals surface area contributed by atoms with Crippen molar-refractivity contribution in [2.24, 2.45) is 5.41 Å². The zero-order valence-electron chi connectivity index (χ0n) is 26.3. The summed E-state index contributed by atoms with van der Waals surface area (Å²) in [4.78, 5) is 21.3. The number of aryl methyl sites for hydroxylation is 1. The third kappa shape index (κ3) is 6.77. The molecule has 0 aliphatic heterocycles. The molecule has 0 saturated heterocycles. The minimum absolute atomic E-state index is 0.363. The first-order valence-corrected chi connectivity index (χ1v) is 16.9. The summed E-state index contributed by atoms with van der Waals surface area (Å²) in [6, 6.07) is 24.1. The predicted octanol–water partition coefficient (Wildman–Crippen LogP) is 6.96. The molecule has 5 rings (SSSR count). The summed E-state index contributed by atoms with van der Waals surface area (Å²) in [5, 5.41) is 8.97. The fourth-order valence-corrected chi connectivity index (χ4v) is 9.81. The second-order valence-corrected chi connectivity index (χ2v) is 16.8. The molecular weight excluding hydrogens is 614 g/mol. The Bertz CT molecular complexity index is 1760.